The summed E-state index contributed by atoms with van der Waals surface area (Å²) in [5, 5.41) is 8.75. The van der Waals surface area contributed by atoms with Gasteiger partial charge in [-0.15, -0.1) is 0 Å². The average Bonchev–Trinajstić information content (AvgIpc) is 2.38. The number of hydrogen-bond donors (Lipinski definition) is 0. The molecule has 0 aromatic carbocycles. The van der Waals surface area contributed by atoms with Crippen LogP contribution in [0.4, 0.5) is 19.0 Å². The number of nitrogens with zero attached hydrogens (tertiary/aromatic N) is 3. The van der Waals surface area contributed by atoms with E-state index in [-0.39, 0.29) is 19.5 Å². The molecule has 0 unspecified atom stereocenters. The zero-order valence-corrected chi connectivity index (χ0v) is 9.41. The van der Waals surface area contributed by atoms with Gasteiger partial charge in [0.05, 0.1) is 11.6 Å². The van der Waals surface area contributed by atoms with E-state index < -0.39 is 11.7 Å². The third-order valence-electron chi connectivity index (χ3n) is 2.77. The van der Waals surface area contributed by atoms with E-state index >= 15 is 0 Å². The van der Waals surface area contributed by atoms with Gasteiger partial charge in [-0.25, -0.2) is 4.98 Å². The largest absolute Gasteiger partial charge is 0.412 e. The van der Waals surface area contributed by atoms with Crippen molar-refractivity contribution in [1.29, 1.82) is 5.26 Å². The van der Waals surface area contributed by atoms with Gasteiger partial charge in [-0.05, 0) is 18.6 Å². The number of anilines is 1. The van der Waals surface area contributed by atoms with Gasteiger partial charge < -0.3 is 4.90 Å². The molecule has 0 N–H and O–H groups in total. The van der Waals surface area contributed by atoms with Crippen LogP contribution in [-0.2, 0) is 0 Å². The second-order valence-electron chi connectivity index (χ2n) is 3.94. The summed E-state index contributed by atoms with van der Waals surface area (Å²) >= 11 is 0. The summed E-state index contributed by atoms with van der Waals surface area (Å²) in [5.41, 5.74) is -0.0409. The average molecular weight is 253 g/mol. The monoisotopic (exact) mass is 253 g/mol. The van der Waals surface area contributed by atoms with Crippen LogP contribution < -0.4 is 4.90 Å². The van der Waals surface area contributed by atoms with Gasteiger partial charge >= 0.3 is 6.18 Å². The maximum atomic E-state index is 12.4. The van der Waals surface area contributed by atoms with Crippen LogP contribution in [-0.4, -0.2) is 24.2 Å². The van der Waals surface area contributed by atoms with Crippen LogP contribution in [0.15, 0.2) is 30.0 Å². The highest BCUT2D eigenvalue weighted by molar-refractivity contribution is 5.46. The number of nitriles is 1. The fourth-order valence-electron chi connectivity index (χ4n) is 1.80. The maximum absolute atomic E-state index is 12.4. The van der Waals surface area contributed by atoms with E-state index in [0.717, 1.165) is 0 Å². The first-order valence-electron chi connectivity index (χ1n) is 5.38. The predicted octanol–water partition coefficient (Wildman–Crippen LogP) is 2.65. The lowest BCUT2D eigenvalue weighted by Crippen LogP contribution is -2.32. The van der Waals surface area contributed by atoms with Gasteiger partial charge in [-0.3, -0.25) is 0 Å². The first-order chi connectivity index (χ1) is 8.50. The highest BCUT2D eigenvalue weighted by atomic mass is 19.4. The normalized spacial score (nSPS) is 16.1. The second-order valence-corrected chi connectivity index (χ2v) is 3.94. The van der Waals surface area contributed by atoms with Crippen LogP contribution in [0.1, 0.15) is 12.0 Å². The molecule has 0 amide bonds. The summed E-state index contributed by atoms with van der Waals surface area (Å²) in [5.74, 6) is 0.534. The van der Waals surface area contributed by atoms with E-state index in [4.69, 9.17) is 5.26 Å². The first kappa shape index (κ1) is 12.4. The molecule has 2 heterocycles. The lowest BCUT2D eigenvalue weighted by molar-refractivity contribution is -0.0944. The third-order valence-corrected chi connectivity index (χ3v) is 2.77. The molecule has 6 heteroatoms. The minimum absolute atomic E-state index is 0.0536. The Hall–Kier alpha value is -2.03. The van der Waals surface area contributed by atoms with Crippen LogP contribution in [0, 0.1) is 11.3 Å². The van der Waals surface area contributed by atoms with Crippen molar-refractivity contribution in [2.75, 3.05) is 18.0 Å². The molecule has 0 saturated carbocycles. The van der Waals surface area contributed by atoms with Gasteiger partial charge in [-0.1, -0.05) is 6.08 Å². The molecule has 0 saturated heterocycles. The number of pyridine rings is 1. The number of rotatable bonds is 1. The Bertz CT molecular complexity index is 514. The van der Waals surface area contributed by atoms with Crippen LogP contribution in [0.3, 0.4) is 0 Å². The van der Waals surface area contributed by atoms with Crippen LogP contribution in [0.25, 0.3) is 0 Å². The van der Waals surface area contributed by atoms with Crippen LogP contribution in [0.5, 0.6) is 0 Å². The fraction of sp³-hybridized carbons (Fsp3) is 0.333. The molecule has 0 spiro atoms. The van der Waals surface area contributed by atoms with Crippen molar-refractivity contribution in [3.63, 3.8) is 0 Å². The molecule has 18 heavy (non-hydrogen) atoms. The van der Waals surface area contributed by atoms with E-state index in [1.165, 1.54) is 12.3 Å². The number of alkyl halides is 3. The van der Waals surface area contributed by atoms with E-state index in [1.54, 1.807) is 17.0 Å². The zero-order valence-electron chi connectivity index (χ0n) is 9.41. The highest BCUT2D eigenvalue weighted by Gasteiger charge is 2.34. The summed E-state index contributed by atoms with van der Waals surface area (Å²) in [6, 6.07) is 5.11. The van der Waals surface area contributed by atoms with Crippen molar-refractivity contribution in [1.82, 2.24) is 4.98 Å². The highest BCUT2D eigenvalue weighted by Crippen LogP contribution is 2.31. The van der Waals surface area contributed by atoms with Crippen molar-refractivity contribution in [3.05, 3.63) is 35.5 Å². The van der Waals surface area contributed by atoms with Gasteiger partial charge in [0, 0.05) is 24.9 Å². The van der Waals surface area contributed by atoms with Gasteiger partial charge in [0.1, 0.15) is 5.82 Å². The van der Waals surface area contributed by atoms with Crippen molar-refractivity contribution >= 4 is 5.82 Å². The first-order valence-corrected chi connectivity index (χ1v) is 5.38. The smallest absolute Gasteiger partial charge is 0.353 e. The van der Waals surface area contributed by atoms with E-state index in [0.29, 0.717) is 11.4 Å². The molecular formula is C12H10F3N3. The zero-order chi connectivity index (χ0) is 13.2. The standard InChI is InChI=1S/C12H10F3N3/c13-12(14,15)10-2-5-18(6-3-10)11-7-9(8-16)1-4-17-11/h1-2,4,7H,3,5-6H2. The molecule has 0 radical (unpaired) electrons. The Labute approximate surface area is 102 Å². The lowest BCUT2D eigenvalue weighted by atomic mass is 10.1. The molecule has 3 nitrogen and oxygen atoms in total. The molecule has 1 aliphatic rings. The molecule has 1 aromatic rings. The van der Waals surface area contributed by atoms with Gasteiger partial charge in [-0.2, -0.15) is 18.4 Å². The minimum Gasteiger partial charge on any atom is -0.353 e. The van der Waals surface area contributed by atoms with Crippen LogP contribution in [0.2, 0.25) is 0 Å². The second kappa shape index (κ2) is 4.69. The Morgan fingerprint density at radius 2 is 2.17 bits per heavy atom. The summed E-state index contributed by atoms with van der Waals surface area (Å²) in [6.07, 6.45) is -1.64. The van der Waals surface area contributed by atoms with Crippen LogP contribution >= 0.6 is 0 Å². The lowest BCUT2D eigenvalue weighted by Gasteiger charge is -2.28. The third kappa shape index (κ3) is 2.62. The molecule has 94 valence electrons. The number of halogens is 3. The SMILES string of the molecule is N#Cc1ccnc(N2CC=C(C(F)(F)F)CC2)c1. The Morgan fingerprint density at radius 3 is 2.72 bits per heavy atom. The Kier molecular flexibility index (Phi) is 3.24. The predicted molar refractivity (Wildman–Crippen MR) is 59.9 cm³/mol. The van der Waals surface area contributed by atoms with E-state index in [9.17, 15) is 13.2 Å². The minimum atomic E-state index is -4.24. The molecule has 0 atom stereocenters. The number of aromatic nitrogens is 1. The summed E-state index contributed by atoms with van der Waals surface area (Å²) in [7, 11) is 0. The Morgan fingerprint density at radius 1 is 1.39 bits per heavy atom. The Balaban J connectivity index is 2.15. The number of hydrogen-bond acceptors (Lipinski definition) is 3. The molecule has 0 bridgehead atoms. The van der Waals surface area contributed by atoms with Gasteiger partial charge in [0.25, 0.3) is 0 Å². The summed E-state index contributed by atoms with van der Waals surface area (Å²) in [4.78, 5) is 5.78. The molecule has 2 rings (SSSR count). The van der Waals surface area contributed by atoms with Crippen molar-refractivity contribution in [3.8, 4) is 6.07 Å². The van der Waals surface area contributed by atoms with E-state index in [1.807, 2.05) is 6.07 Å². The van der Waals surface area contributed by atoms with Crippen molar-refractivity contribution in [2.45, 2.75) is 12.6 Å². The van der Waals surface area contributed by atoms with Crippen molar-refractivity contribution < 1.29 is 13.2 Å². The van der Waals surface area contributed by atoms with Crippen molar-refractivity contribution in [2.24, 2.45) is 0 Å². The quantitative estimate of drug-likeness (QED) is 0.722. The molecule has 1 aromatic heterocycles. The maximum Gasteiger partial charge on any atom is 0.412 e. The van der Waals surface area contributed by atoms with E-state index in [2.05, 4.69) is 4.98 Å². The summed E-state index contributed by atoms with van der Waals surface area (Å²) < 4.78 is 37.3. The topological polar surface area (TPSA) is 39.9 Å². The van der Waals surface area contributed by atoms with Gasteiger partial charge in [0.15, 0.2) is 0 Å². The molecule has 0 aliphatic carbocycles. The van der Waals surface area contributed by atoms with Gasteiger partial charge in [0.2, 0.25) is 0 Å². The fourth-order valence-corrected chi connectivity index (χ4v) is 1.80. The molecule has 0 fully saturated rings. The molecule has 1 aliphatic heterocycles. The molecular weight excluding hydrogens is 243 g/mol. The summed E-state index contributed by atoms with van der Waals surface area (Å²) in [6.45, 7) is 0.421.